The van der Waals surface area contributed by atoms with E-state index in [4.69, 9.17) is 23.2 Å². The predicted octanol–water partition coefficient (Wildman–Crippen LogP) is 5.46. The van der Waals surface area contributed by atoms with Crippen molar-refractivity contribution >= 4 is 57.8 Å². The van der Waals surface area contributed by atoms with Crippen LogP contribution in [0, 0.1) is 0 Å². The van der Waals surface area contributed by atoms with Gasteiger partial charge in [0.25, 0.3) is 11.8 Å². The van der Waals surface area contributed by atoms with Gasteiger partial charge in [-0.25, -0.2) is 5.43 Å². The first-order valence-electron chi connectivity index (χ1n) is 8.19. The zero-order valence-corrected chi connectivity index (χ0v) is 17.0. The number of nitrogens with one attached hydrogen (secondary N) is 2. The maximum absolute atomic E-state index is 12.2. The van der Waals surface area contributed by atoms with Gasteiger partial charge in [-0.2, -0.15) is 5.10 Å². The Morgan fingerprint density at radius 2 is 1.64 bits per heavy atom. The number of halogens is 2. The van der Waals surface area contributed by atoms with Gasteiger partial charge in [-0.3, -0.25) is 9.59 Å². The number of nitrogens with zero attached hydrogens (tertiary/aromatic N) is 1. The highest BCUT2D eigenvalue weighted by Crippen LogP contribution is 2.22. The Hall–Kier alpha value is -2.67. The zero-order chi connectivity index (χ0) is 20.1. The van der Waals surface area contributed by atoms with E-state index in [1.54, 1.807) is 37.3 Å². The van der Waals surface area contributed by atoms with Gasteiger partial charge in [0.1, 0.15) is 0 Å². The van der Waals surface area contributed by atoms with Crippen molar-refractivity contribution in [3.8, 4) is 0 Å². The molecule has 0 bridgehead atoms. The molecule has 0 aliphatic heterocycles. The predicted molar refractivity (Wildman–Crippen MR) is 115 cm³/mol. The number of carbonyl (C=O) groups is 2. The third-order valence-corrected chi connectivity index (χ3v) is 5.42. The molecule has 0 atom stereocenters. The van der Waals surface area contributed by atoms with E-state index in [1.807, 2.05) is 23.6 Å². The van der Waals surface area contributed by atoms with Crippen molar-refractivity contribution in [3.05, 3.63) is 86.0 Å². The number of hydrogen-bond acceptors (Lipinski definition) is 4. The summed E-state index contributed by atoms with van der Waals surface area (Å²) in [6, 6.07) is 15.4. The second kappa shape index (κ2) is 9.01. The molecule has 0 unspecified atom stereocenters. The molecule has 1 aromatic heterocycles. The summed E-state index contributed by atoms with van der Waals surface area (Å²) < 4.78 is 0. The molecule has 28 heavy (non-hydrogen) atoms. The molecule has 0 spiro atoms. The van der Waals surface area contributed by atoms with Crippen LogP contribution in [0.15, 0.2) is 65.1 Å². The van der Waals surface area contributed by atoms with Gasteiger partial charge >= 0.3 is 0 Å². The highest BCUT2D eigenvalue weighted by atomic mass is 35.5. The first-order chi connectivity index (χ1) is 13.4. The lowest BCUT2D eigenvalue weighted by atomic mass is 10.1. The van der Waals surface area contributed by atoms with E-state index in [9.17, 15) is 9.59 Å². The Bertz CT molecular complexity index is 1030. The monoisotopic (exact) mass is 431 g/mol. The van der Waals surface area contributed by atoms with Crippen LogP contribution in [0.1, 0.15) is 32.5 Å². The molecule has 2 amide bonds. The smallest absolute Gasteiger partial charge is 0.271 e. The molecule has 0 fully saturated rings. The van der Waals surface area contributed by atoms with Crippen LogP contribution in [0.25, 0.3) is 0 Å². The van der Waals surface area contributed by atoms with Crippen molar-refractivity contribution in [3.63, 3.8) is 0 Å². The van der Waals surface area contributed by atoms with Crippen molar-refractivity contribution in [2.75, 3.05) is 5.32 Å². The fourth-order valence-corrected chi connectivity index (χ4v) is 3.21. The Morgan fingerprint density at radius 3 is 2.29 bits per heavy atom. The lowest BCUT2D eigenvalue weighted by Crippen LogP contribution is -2.19. The van der Waals surface area contributed by atoms with Crippen LogP contribution in [0.5, 0.6) is 0 Å². The van der Waals surface area contributed by atoms with Gasteiger partial charge in [0.05, 0.1) is 20.6 Å². The average molecular weight is 432 g/mol. The lowest BCUT2D eigenvalue weighted by molar-refractivity contribution is 0.0954. The quantitative estimate of drug-likeness (QED) is 0.415. The minimum absolute atomic E-state index is 0.151. The fraction of sp³-hybridized carbons (Fsp3) is 0.0500. The van der Waals surface area contributed by atoms with E-state index in [-0.39, 0.29) is 5.91 Å². The first-order valence-corrected chi connectivity index (χ1v) is 9.82. The minimum atomic E-state index is -0.391. The van der Waals surface area contributed by atoms with Gasteiger partial charge in [-0.1, -0.05) is 41.4 Å². The average Bonchev–Trinajstić information content (AvgIpc) is 3.23. The molecule has 0 radical (unpaired) electrons. The summed E-state index contributed by atoms with van der Waals surface area (Å²) in [5.74, 6) is -0.542. The van der Waals surface area contributed by atoms with E-state index in [0.29, 0.717) is 31.9 Å². The SMILES string of the molecule is CC(=NNC(=O)c1ccc(Cl)c(Cl)c1)c1ccc(NC(=O)c2cccs2)cc1. The van der Waals surface area contributed by atoms with Crippen molar-refractivity contribution in [2.45, 2.75) is 6.92 Å². The Morgan fingerprint density at radius 1 is 0.929 bits per heavy atom. The molecule has 0 saturated heterocycles. The third kappa shape index (κ3) is 4.98. The number of amides is 2. The molecule has 1 heterocycles. The van der Waals surface area contributed by atoms with E-state index in [0.717, 1.165) is 5.56 Å². The van der Waals surface area contributed by atoms with Crippen LogP contribution in [0.2, 0.25) is 10.0 Å². The molecule has 0 saturated carbocycles. The van der Waals surface area contributed by atoms with Gasteiger partial charge in [0, 0.05) is 11.3 Å². The van der Waals surface area contributed by atoms with Crippen molar-refractivity contribution in [2.24, 2.45) is 5.10 Å². The molecule has 3 aromatic rings. The van der Waals surface area contributed by atoms with Crippen LogP contribution in [0.4, 0.5) is 5.69 Å². The van der Waals surface area contributed by atoms with Gasteiger partial charge in [-0.15, -0.1) is 11.3 Å². The fourth-order valence-electron chi connectivity index (χ4n) is 2.30. The number of hydrazone groups is 1. The summed E-state index contributed by atoms with van der Waals surface area (Å²) >= 11 is 13.2. The highest BCUT2D eigenvalue weighted by molar-refractivity contribution is 7.12. The summed E-state index contributed by atoms with van der Waals surface area (Å²) in [4.78, 5) is 24.9. The molecule has 8 heteroatoms. The molecule has 5 nitrogen and oxygen atoms in total. The summed E-state index contributed by atoms with van der Waals surface area (Å²) in [5, 5.41) is 9.47. The van der Waals surface area contributed by atoms with E-state index >= 15 is 0 Å². The Kier molecular flexibility index (Phi) is 6.46. The molecule has 2 N–H and O–H groups in total. The normalized spacial score (nSPS) is 11.2. The number of anilines is 1. The highest BCUT2D eigenvalue weighted by Gasteiger charge is 2.09. The summed E-state index contributed by atoms with van der Waals surface area (Å²) in [6.45, 7) is 1.77. The number of benzene rings is 2. The van der Waals surface area contributed by atoms with Crippen LogP contribution in [-0.4, -0.2) is 17.5 Å². The number of thiophene rings is 1. The standard InChI is InChI=1S/C20H15Cl2N3O2S/c1-12(24-25-19(26)14-6-9-16(21)17(22)11-14)13-4-7-15(8-5-13)23-20(27)18-3-2-10-28-18/h2-11H,1H3,(H,23,27)(H,25,26). The number of rotatable bonds is 5. The molecular formula is C20H15Cl2N3O2S. The molecule has 142 valence electrons. The molecular weight excluding hydrogens is 417 g/mol. The molecule has 2 aromatic carbocycles. The summed E-state index contributed by atoms with van der Waals surface area (Å²) in [6.07, 6.45) is 0. The van der Waals surface area contributed by atoms with Crippen molar-refractivity contribution in [1.82, 2.24) is 5.43 Å². The van der Waals surface area contributed by atoms with Crippen molar-refractivity contribution in [1.29, 1.82) is 0 Å². The Labute approximate surface area is 176 Å². The topological polar surface area (TPSA) is 70.6 Å². The lowest BCUT2D eigenvalue weighted by Gasteiger charge is -2.06. The molecule has 0 aliphatic rings. The second-order valence-electron chi connectivity index (χ2n) is 5.78. The van der Waals surface area contributed by atoms with Gasteiger partial charge in [0.2, 0.25) is 0 Å². The largest absolute Gasteiger partial charge is 0.321 e. The van der Waals surface area contributed by atoms with Gasteiger partial charge < -0.3 is 5.32 Å². The zero-order valence-electron chi connectivity index (χ0n) is 14.7. The maximum Gasteiger partial charge on any atom is 0.271 e. The van der Waals surface area contributed by atoms with Crippen LogP contribution in [0.3, 0.4) is 0 Å². The summed E-state index contributed by atoms with van der Waals surface area (Å²) in [5.41, 5.74) is 4.95. The van der Waals surface area contributed by atoms with Crippen LogP contribution >= 0.6 is 34.5 Å². The molecule has 3 rings (SSSR count). The van der Waals surface area contributed by atoms with E-state index in [1.165, 1.54) is 17.4 Å². The van der Waals surface area contributed by atoms with Gasteiger partial charge in [0.15, 0.2) is 0 Å². The van der Waals surface area contributed by atoms with Crippen LogP contribution < -0.4 is 10.7 Å². The van der Waals surface area contributed by atoms with E-state index < -0.39 is 5.91 Å². The van der Waals surface area contributed by atoms with Crippen molar-refractivity contribution < 1.29 is 9.59 Å². The van der Waals surface area contributed by atoms with Crippen LogP contribution in [-0.2, 0) is 0 Å². The molecule has 0 aliphatic carbocycles. The number of hydrogen-bond donors (Lipinski definition) is 2. The summed E-state index contributed by atoms with van der Waals surface area (Å²) in [7, 11) is 0. The Balaban J connectivity index is 1.63. The first kappa shape index (κ1) is 20.1. The van der Waals surface area contributed by atoms with Gasteiger partial charge in [-0.05, 0) is 54.3 Å². The number of carbonyl (C=O) groups excluding carboxylic acids is 2. The second-order valence-corrected chi connectivity index (χ2v) is 7.54. The minimum Gasteiger partial charge on any atom is -0.321 e. The van der Waals surface area contributed by atoms with E-state index in [2.05, 4.69) is 15.8 Å². The maximum atomic E-state index is 12.2. The third-order valence-electron chi connectivity index (χ3n) is 3.81.